The Morgan fingerprint density at radius 3 is 2.89 bits per heavy atom. The van der Waals surface area contributed by atoms with Crippen molar-refractivity contribution in [2.75, 3.05) is 11.1 Å². The third kappa shape index (κ3) is 4.36. The van der Waals surface area contributed by atoms with Gasteiger partial charge < -0.3 is 10.3 Å². The lowest BCUT2D eigenvalue weighted by molar-refractivity contribution is -0.113. The average molecular weight is 405 g/mol. The standard InChI is InChI=1S/C19H21ClN4O2S/c1-4-12(3)24-18(26)17-15(8-11(2)21-17)23-19(24)27-10-16(25)22-14-7-5-6-13(20)9-14/h5-9,12,21H,4,10H2,1-3H3,(H,22,25)/t12-/m0/s1. The van der Waals surface area contributed by atoms with Crippen LogP contribution in [0.1, 0.15) is 32.0 Å². The van der Waals surface area contributed by atoms with Crippen molar-refractivity contribution in [3.63, 3.8) is 0 Å². The molecule has 2 heterocycles. The minimum Gasteiger partial charge on any atom is -0.353 e. The number of benzene rings is 1. The van der Waals surface area contributed by atoms with E-state index in [-0.39, 0.29) is 23.3 Å². The Balaban J connectivity index is 1.85. The molecule has 27 heavy (non-hydrogen) atoms. The second-order valence-corrected chi connectivity index (χ2v) is 7.77. The van der Waals surface area contributed by atoms with Crippen LogP contribution in [-0.4, -0.2) is 26.2 Å². The summed E-state index contributed by atoms with van der Waals surface area (Å²) in [7, 11) is 0. The number of carbonyl (C=O) groups excluding carboxylic acids is 1. The Kier molecular flexibility index (Phi) is 5.92. The number of carbonyl (C=O) groups is 1. The molecule has 0 bridgehead atoms. The molecule has 1 aromatic carbocycles. The molecule has 2 aromatic heterocycles. The minimum absolute atomic E-state index is 0.0171. The molecule has 1 atom stereocenters. The van der Waals surface area contributed by atoms with Gasteiger partial charge in [-0.05, 0) is 44.5 Å². The van der Waals surface area contributed by atoms with E-state index in [2.05, 4.69) is 15.3 Å². The second-order valence-electron chi connectivity index (χ2n) is 6.39. The predicted octanol–water partition coefficient (Wildman–Crippen LogP) is 4.39. The topological polar surface area (TPSA) is 79.8 Å². The van der Waals surface area contributed by atoms with E-state index >= 15 is 0 Å². The first kappa shape index (κ1) is 19.5. The lowest BCUT2D eigenvalue weighted by Gasteiger charge is -2.17. The molecule has 0 aliphatic rings. The van der Waals surface area contributed by atoms with Crippen molar-refractivity contribution in [1.82, 2.24) is 14.5 Å². The number of rotatable bonds is 6. The molecule has 0 saturated heterocycles. The Hall–Kier alpha value is -2.25. The monoisotopic (exact) mass is 404 g/mol. The molecule has 0 spiro atoms. The molecule has 0 radical (unpaired) electrons. The van der Waals surface area contributed by atoms with Gasteiger partial charge in [0.25, 0.3) is 5.56 Å². The Bertz CT molecular complexity index is 1040. The van der Waals surface area contributed by atoms with Crippen LogP contribution in [0.2, 0.25) is 5.02 Å². The number of hydrogen-bond acceptors (Lipinski definition) is 4. The fourth-order valence-corrected chi connectivity index (χ4v) is 3.84. The van der Waals surface area contributed by atoms with Crippen molar-refractivity contribution in [2.24, 2.45) is 0 Å². The highest BCUT2D eigenvalue weighted by Crippen LogP contribution is 2.23. The highest BCUT2D eigenvalue weighted by molar-refractivity contribution is 7.99. The summed E-state index contributed by atoms with van der Waals surface area (Å²) in [6.45, 7) is 5.88. The van der Waals surface area contributed by atoms with Crippen molar-refractivity contribution in [3.8, 4) is 0 Å². The summed E-state index contributed by atoms with van der Waals surface area (Å²) in [5.74, 6) is -0.0397. The molecule has 3 aromatic rings. The Morgan fingerprint density at radius 1 is 1.41 bits per heavy atom. The van der Waals surface area contributed by atoms with Crippen LogP contribution in [-0.2, 0) is 4.79 Å². The third-order valence-electron chi connectivity index (χ3n) is 4.26. The number of thioether (sulfide) groups is 1. The Labute approximate surface area is 166 Å². The van der Waals surface area contributed by atoms with E-state index < -0.39 is 0 Å². The number of aryl methyl sites for hydroxylation is 1. The zero-order valence-corrected chi connectivity index (χ0v) is 16.9. The number of amides is 1. The molecular formula is C19H21ClN4O2S. The van der Waals surface area contributed by atoms with Crippen LogP contribution in [0.3, 0.4) is 0 Å². The number of halogens is 1. The molecule has 6 nitrogen and oxygen atoms in total. The van der Waals surface area contributed by atoms with Crippen molar-refractivity contribution in [3.05, 3.63) is 51.4 Å². The number of H-pyrrole nitrogens is 1. The van der Waals surface area contributed by atoms with Crippen LogP contribution < -0.4 is 10.9 Å². The molecule has 0 unspecified atom stereocenters. The summed E-state index contributed by atoms with van der Waals surface area (Å²) >= 11 is 7.19. The van der Waals surface area contributed by atoms with E-state index in [0.717, 1.165) is 12.1 Å². The van der Waals surface area contributed by atoms with Gasteiger partial charge in [0.05, 0.1) is 11.3 Å². The quantitative estimate of drug-likeness (QED) is 0.471. The van der Waals surface area contributed by atoms with Crippen molar-refractivity contribution < 1.29 is 4.79 Å². The number of fused-ring (bicyclic) bond motifs is 1. The van der Waals surface area contributed by atoms with Crippen LogP contribution >= 0.6 is 23.4 Å². The van der Waals surface area contributed by atoms with E-state index in [0.29, 0.717) is 26.9 Å². The lowest BCUT2D eigenvalue weighted by atomic mass is 10.2. The fourth-order valence-electron chi connectivity index (χ4n) is 2.76. The van der Waals surface area contributed by atoms with E-state index in [4.69, 9.17) is 11.6 Å². The number of hydrogen-bond donors (Lipinski definition) is 2. The number of nitrogens with one attached hydrogen (secondary N) is 2. The number of anilines is 1. The van der Waals surface area contributed by atoms with Gasteiger partial charge in [0, 0.05) is 22.4 Å². The highest BCUT2D eigenvalue weighted by Gasteiger charge is 2.18. The molecule has 8 heteroatoms. The number of nitrogens with zero attached hydrogens (tertiary/aromatic N) is 2. The van der Waals surface area contributed by atoms with Gasteiger partial charge in [0.2, 0.25) is 5.91 Å². The van der Waals surface area contributed by atoms with Crippen LogP contribution in [0.4, 0.5) is 5.69 Å². The maximum Gasteiger partial charge on any atom is 0.278 e. The van der Waals surface area contributed by atoms with Crippen LogP contribution in [0.15, 0.2) is 40.3 Å². The summed E-state index contributed by atoms with van der Waals surface area (Å²) < 4.78 is 1.66. The first-order valence-electron chi connectivity index (χ1n) is 8.69. The smallest absolute Gasteiger partial charge is 0.278 e. The summed E-state index contributed by atoms with van der Waals surface area (Å²) in [4.78, 5) is 32.9. The van der Waals surface area contributed by atoms with Crippen LogP contribution in [0.5, 0.6) is 0 Å². The van der Waals surface area contributed by atoms with Crippen molar-refractivity contribution >= 4 is 46.0 Å². The number of aromatic amines is 1. The molecule has 3 rings (SSSR count). The minimum atomic E-state index is -0.183. The zero-order chi connectivity index (χ0) is 19.6. The predicted molar refractivity (Wildman–Crippen MR) is 111 cm³/mol. The van der Waals surface area contributed by atoms with E-state index in [1.165, 1.54) is 11.8 Å². The average Bonchev–Trinajstić information content (AvgIpc) is 3.00. The van der Waals surface area contributed by atoms with Crippen molar-refractivity contribution in [2.45, 2.75) is 38.4 Å². The van der Waals surface area contributed by atoms with Gasteiger partial charge in [0.1, 0.15) is 5.52 Å². The van der Waals surface area contributed by atoms with Gasteiger partial charge in [0.15, 0.2) is 5.16 Å². The highest BCUT2D eigenvalue weighted by atomic mass is 35.5. The molecule has 142 valence electrons. The number of aromatic nitrogens is 3. The zero-order valence-electron chi connectivity index (χ0n) is 15.4. The maximum absolute atomic E-state index is 12.9. The first-order chi connectivity index (χ1) is 12.9. The third-order valence-corrected chi connectivity index (χ3v) is 5.45. The maximum atomic E-state index is 12.9. The first-order valence-corrected chi connectivity index (χ1v) is 10.1. The van der Waals surface area contributed by atoms with Crippen molar-refractivity contribution in [1.29, 1.82) is 0 Å². The van der Waals surface area contributed by atoms with Gasteiger partial charge in [-0.2, -0.15) is 0 Å². The van der Waals surface area contributed by atoms with Gasteiger partial charge in [-0.25, -0.2) is 4.98 Å². The van der Waals surface area contributed by atoms with Gasteiger partial charge >= 0.3 is 0 Å². The molecule has 0 saturated carbocycles. The summed E-state index contributed by atoms with van der Waals surface area (Å²) in [5.41, 5.74) is 2.53. The van der Waals surface area contributed by atoms with Crippen LogP contribution in [0.25, 0.3) is 11.0 Å². The van der Waals surface area contributed by atoms with E-state index in [1.54, 1.807) is 28.8 Å². The van der Waals surface area contributed by atoms with Gasteiger partial charge in [-0.1, -0.05) is 36.4 Å². The largest absolute Gasteiger partial charge is 0.353 e. The lowest BCUT2D eigenvalue weighted by Crippen LogP contribution is -2.26. The second kappa shape index (κ2) is 8.19. The molecular weight excluding hydrogens is 384 g/mol. The summed E-state index contributed by atoms with van der Waals surface area (Å²) in [6, 6.07) is 8.80. The van der Waals surface area contributed by atoms with E-state index in [1.807, 2.05) is 26.8 Å². The summed E-state index contributed by atoms with van der Waals surface area (Å²) in [5, 5.41) is 3.91. The molecule has 1 amide bonds. The van der Waals surface area contributed by atoms with Crippen LogP contribution in [0, 0.1) is 6.92 Å². The molecule has 0 aliphatic heterocycles. The van der Waals surface area contributed by atoms with E-state index in [9.17, 15) is 9.59 Å². The molecule has 0 fully saturated rings. The molecule has 2 N–H and O–H groups in total. The molecule has 0 aliphatic carbocycles. The van der Waals surface area contributed by atoms with Gasteiger partial charge in [-0.15, -0.1) is 0 Å². The SMILES string of the molecule is CC[C@H](C)n1c(SCC(=O)Nc2cccc(Cl)c2)nc2cc(C)[nH]c2c1=O. The van der Waals surface area contributed by atoms with Gasteiger partial charge in [-0.3, -0.25) is 14.2 Å². The normalized spacial score (nSPS) is 12.3. The Morgan fingerprint density at radius 2 is 2.19 bits per heavy atom. The summed E-state index contributed by atoms with van der Waals surface area (Å²) in [6.07, 6.45) is 0.787. The fraction of sp³-hybridized carbons (Fsp3) is 0.316.